The van der Waals surface area contributed by atoms with Crippen molar-refractivity contribution < 1.29 is 0 Å². The number of nitrogens with zero attached hydrogens (tertiary/aromatic N) is 5. The molecule has 0 unspecified atom stereocenters. The van der Waals surface area contributed by atoms with Gasteiger partial charge in [-0.2, -0.15) is 0 Å². The first-order valence-corrected chi connectivity index (χ1v) is 25.1. The Morgan fingerprint density at radius 2 is 0.527 bits per heavy atom. The quantitative estimate of drug-likeness (QED) is 0.145. The van der Waals surface area contributed by atoms with E-state index in [-0.39, 0.29) is 0 Å². The summed E-state index contributed by atoms with van der Waals surface area (Å²) in [6, 6.07) is 97.3. The lowest BCUT2D eigenvalue weighted by molar-refractivity contribution is 1.07. The van der Waals surface area contributed by atoms with E-state index in [0.717, 1.165) is 72.6 Å². The van der Waals surface area contributed by atoms with Gasteiger partial charge in [0.15, 0.2) is 17.5 Å². The van der Waals surface area contributed by atoms with E-state index in [1.165, 1.54) is 43.6 Å². The van der Waals surface area contributed by atoms with Crippen molar-refractivity contribution in [2.24, 2.45) is 0 Å². The van der Waals surface area contributed by atoms with Gasteiger partial charge in [0.2, 0.25) is 0 Å². The molecule has 5 heteroatoms. The van der Waals surface area contributed by atoms with Crippen LogP contribution in [0.4, 0.5) is 0 Å². The maximum atomic E-state index is 5.26. The number of rotatable bonds is 9. The highest BCUT2D eigenvalue weighted by Gasteiger charge is 2.20. The highest BCUT2D eigenvalue weighted by atomic mass is 15.0. The van der Waals surface area contributed by atoms with E-state index in [0.29, 0.717) is 17.5 Å². The van der Waals surface area contributed by atoms with Gasteiger partial charge in [0.25, 0.3) is 0 Å². The zero-order valence-corrected chi connectivity index (χ0v) is 40.2. The van der Waals surface area contributed by atoms with Gasteiger partial charge >= 0.3 is 0 Å². The molecule has 0 radical (unpaired) electrons. The Hall–Kier alpha value is -9.97. The molecule has 3 aromatic heterocycles. The van der Waals surface area contributed by atoms with Crippen LogP contribution in [0.15, 0.2) is 273 Å². The lowest BCUT2D eigenvalue weighted by Gasteiger charge is -2.15. The third-order valence-electron chi connectivity index (χ3n) is 14.3. The predicted octanol–water partition coefficient (Wildman–Crippen LogP) is 17.7. The van der Waals surface area contributed by atoms with E-state index in [1.54, 1.807) is 0 Å². The molecule has 14 aromatic rings. The Balaban J connectivity index is 0.980. The summed E-state index contributed by atoms with van der Waals surface area (Å²) in [5.74, 6) is 1.84. The minimum Gasteiger partial charge on any atom is -0.309 e. The number of hydrogen-bond acceptors (Lipinski definition) is 3. The molecule has 0 bridgehead atoms. The first kappa shape index (κ1) is 42.9. The van der Waals surface area contributed by atoms with Crippen LogP contribution in [0.3, 0.4) is 0 Å². The summed E-state index contributed by atoms with van der Waals surface area (Å²) < 4.78 is 4.82. The van der Waals surface area contributed by atoms with Crippen molar-refractivity contribution >= 4 is 43.6 Å². The minimum atomic E-state index is 0.599. The SMILES string of the molecule is c1ccc(-c2nc(-c3ccccc3)nc(-c3cc(-c4cccc(-c5cccc6c7ccccc7n(-c7ccccc7)c56)c4)cc(-c4cccc(-c5cccc6c7ccccc7n(-c7ccccc7)c56)c4)c3)n2)cc1. The molecule has 0 spiro atoms. The maximum Gasteiger partial charge on any atom is 0.164 e. The van der Waals surface area contributed by atoms with E-state index in [2.05, 4.69) is 246 Å². The number of para-hydroxylation sites is 6. The molecule has 0 atom stereocenters. The fraction of sp³-hybridized carbons (Fsp3) is 0. The molecule has 0 aliphatic rings. The standard InChI is InChI=1S/C69H45N5/c1-5-21-46(22-6-1)67-70-68(47-23-7-2-8-24-47)72-69(71-67)54-44-52(48-25-17-27-50(41-48)57-35-19-37-61-59-33-13-15-39-63(59)73(65(57)61)55-29-9-3-10-30-55)43-53(45-54)49-26-18-28-51(42-49)58-36-20-38-62-60-34-14-16-40-64(60)74(66(58)62)56-31-11-4-12-32-56/h1-45H. The van der Waals surface area contributed by atoms with Gasteiger partial charge in [-0.3, -0.25) is 0 Å². The lowest BCUT2D eigenvalue weighted by Crippen LogP contribution is -2.00. The molecule has 11 aromatic carbocycles. The van der Waals surface area contributed by atoms with Crippen LogP contribution >= 0.6 is 0 Å². The Kier molecular flexibility index (Phi) is 10.4. The zero-order valence-electron chi connectivity index (χ0n) is 40.2. The molecular weight excluding hydrogens is 899 g/mol. The lowest BCUT2D eigenvalue weighted by atomic mass is 9.92. The van der Waals surface area contributed by atoms with Crippen molar-refractivity contribution in [3.63, 3.8) is 0 Å². The zero-order chi connectivity index (χ0) is 49.0. The largest absolute Gasteiger partial charge is 0.309 e. The molecule has 346 valence electrons. The molecule has 74 heavy (non-hydrogen) atoms. The van der Waals surface area contributed by atoms with Gasteiger partial charge in [-0.25, -0.2) is 15.0 Å². The Morgan fingerprint density at radius 1 is 0.216 bits per heavy atom. The van der Waals surface area contributed by atoms with Gasteiger partial charge in [0.1, 0.15) is 0 Å². The van der Waals surface area contributed by atoms with Gasteiger partial charge in [-0.05, 0) is 100 Å². The van der Waals surface area contributed by atoms with E-state index in [1.807, 2.05) is 36.4 Å². The number of benzene rings is 11. The Bertz CT molecular complexity index is 4130. The van der Waals surface area contributed by atoms with Gasteiger partial charge in [-0.15, -0.1) is 0 Å². The normalized spacial score (nSPS) is 11.5. The monoisotopic (exact) mass is 943 g/mol. The summed E-state index contributed by atoms with van der Waals surface area (Å²) in [6.45, 7) is 0. The molecular formula is C69H45N5. The molecule has 14 rings (SSSR count). The average molecular weight is 944 g/mol. The topological polar surface area (TPSA) is 48.5 Å². The number of hydrogen-bond donors (Lipinski definition) is 0. The highest BCUT2D eigenvalue weighted by molar-refractivity contribution is 6.15. The fourth-order valence-corrected chi connectivity index (χ4v) is 11.0. The smallest absolute Gasteiger partial charge is 0.164 e. The summed E-state index contributed by atoms with van der Waals surface area (Å²) >= 11 is 0. The summed E-state index contributed by atoms with van der Waals surface area (Å²) in [5.41, 5.74) is 18.5. The third-order valence-corrected chi connectivity index (χ3v) is 14.3. The van der Waals surface area contributed by atoms with Crippen molar-refractivity contribution in [1.82, 2.24) is 24.1 Å². The first-order valence-electron chi connectivity index (χ1n) is 25.1. The predicted molar refractivity (Wildman–Crippen MR) is 307 cm³/mol. The van der Waals surface area contributed by atoms with Crippen LogP contribution in [0.5, 0.6) is 0 Å². The van der Waals surface area contributed by atoms with Crippen molar-refractivity contribution in [1.29, 1.82) is 0 Å². The van der Waals surface area contributed by atoms with Crippen molar-refractivity contribution in [3.05, 3.63) is 273 Å². The van der Waals surface area contributed by atoms with E-state index < -0.39 is 0 Å². The molecule has 0 saturated carbocycles. The molecule has 0 saturated heterocycles. The molecule has 5 nitrogen and oxygen atoms in total. The van der Waals surface area contributed by atoms with Gasteiger partial charge < -0.3 is 9.13 Å². The highest BCUT2D eigenvalue weighted by Crippen LogP contribution is 2.42. The summed E-state index contributed by atoms with van der Waals surface area (Å²) in [4.78, 5) is 15.6. The maximum absolute atomic E-state index is 5.26. The molecule has 0 fully saturated rings. The fourth-order valence-electron chi connectivity index (χ4n) is 11.0. The summed E-state index contributed by atoms with van der Waals surface area (Å²) in [5, 5.41) is 4.89. The van der Waals surface area contributed by atoms with E-state index >= 15 is 0 Å². The molecule has 0 aliphatic heterocycles. The average Bonchev–Trinajstić information content (AvgIpc) is 4.01. The minimum absolute atomic E-state index is 0.599. The van der Waals surface area contributed by atoms with Crippen molar-refractivity contribution in [2.45, 2.75) is 0 Å². The van der Waals surface area contributed by atoms with Crippen LogP contribution in [0.25, 0.3) is 134 Å². The Morgan fingerprint density at radius 3 is 0.973 bits per heavy atom. The van der Waals surface area contributed by atoms with Crippen LogP contribution < -0.4 is 0 Å². The van der Waals surface area contributed by atoms with Crippen molar-refractivity contribution in [2.75, 3.05) is 0 Å². The van der Waals surface area contributed by atoms with E-state index in [4.69, 9.17) is 15.0 Å². The molecule has 0 amide bonds. The molecule has 3 heterocycles. The van der Waals surface area contributed by atoms with Gasteiger partial charge in [-0.1, -0.05) is 206 Å². The van der Waals surface area contributed by atoms with Crippen LogP contribution in [0.1, 0.15) is 0 Å². The van der Waals surface area contributed by atoms with Crippen LogP contribution in [-0.4, -0.2) is 24.1 Å². The van der Waals surface area contributed by atoms with Gasteiger partial charge in [0, 0.05) is 60.7 Å². The van der Waals surface area contributed by atoms with Gasteiger partial charge in [0.05, 0.1) is 22.1 Å². The van der Waals surface area contributed by atoms with E-state index in [9.17, 15) is 0 Å². The van der Waals surface area contributed by atoms with Crippen molar-refractivity contribution in [3.8, 4) is 90.0 Å². The number of fused-ring (bicyclic) bond motifs is 6. The summed E-state index contributed by atoms with van der Waals surface area (Å²) in [7, 11) is 0. The molecule has 0 N–H and O–H groups in total. The van der Waals surface area contributed by atoms with Crippen LogP contribution in [0, 0.1) is 0 Å². The third kappa shape index (κ3) is 7.46. The first-order chi connectivity index (χ1) is 36.7. The Labute approximate surface area is 428 Å². The second-order valence-corrected chi connectivity index (χ2v) is 18.8. The van der Waals surface area contributed by atoms with Crippen LogP contribution in [0.2, 0.25) is 0 Å². The second-order valence-electron chi connectivity index (χ2n) is 18.8. The second kappa shape index (κ2) is 18.0. The number of aromatic nitrogens is 5. The summed E-state index contributed by atoms with van der Waals surface area (Å²) in [6.07, 6.45) is 0. The van der Waals surface area contributed by atoms with Crippen LogP contribution in [-0.2, 0) is 0 Å². The molecule has 0 aliphatic carbocycles.